The van der Waals surface area contributed by atoms with Gasteiger partial charge in [0.25, 0.3) is 5.56 Å². The minimum Gasteiger partial charge on any atom is -0.459 e. The highest BCUT2D eigenvalue weighted by atomic mass is 16.6. The van der Waals surface area contributed by atoms with E-state index in [1.54, 1.807) is 16.8 Å². The summed E-state index contributed by atoms with van der Waals surface area (Å²) in [5, 5.41) is 7.95. The molecule has 2 aromatic heterocycles. The van der Waals surface area contributed by atoms with Gasteiger partial charge in [0.15, 0.2) is 0 Å². The zero-order chi connectivity index (χ0) is 22.6. The molecule has 9 nitrogen and oxygen atoms in total. The van der Waals surface area contributed by atoms with Gasteiger partial charge in [-0.1, -0.05) is 23.4 Å². The number of hydrogen-bond donors (Lipinski definition) is 0. The molecule has 0 aliphatic carbocycles. The molecule has 0 spiro atoms. The molecule has 2 aliphatic heterocycles. The highest BCUT2D eigenvalue weighted by molar-refractivity contribution is 6.02. The van der Waals surface area contributed by atoms with Crippen LogP contribution in [0.25, 0.3) is 22.3 Å². The van der Waals surface area contributed by atoms with Crippen molar-refractivity contribution in [3.8, 4) is 11.4 Å². The Morgan fingerprint density at radius 3 is 2.75 bits per heavy atom. The number of oxime groups is 1. The number of nitroso groups, excluding NO2 is 1. The summed E-state index contributed by atoms with van der Waals surface area (Å²) in [6.07, 6.45) is 1.65. The van der Waals surface area contributed by atoms with Gasteiger partial charge in [-0.2, -0.15) is 0 Å². The van der Waals surface area contributed by atoms with Crippen LogP contribution in [0.1, 0.15) is 49.1 Å². The van der Waals surface area contributed by atoms with Gasteiger partial charge in [-0.25, -0.2) is 9.78 Å². The molecule has 32 heavy (non-hydrogen) atoms. The van der Waals surface area contributed by atoms with E-state index < -0.39 is 17.6 Å². The van der Waals surface area contributed by atoms with Gasteiger partial charge in [0, 0.05) is 22.1 Å². The molecular weight excluding hydrogens is 412 g/mol. The van der Waals surface area contributed by atoms with Crippen LogP contribution in [0.3, 0.4) is 0 Å². The van der Waals surface area contributed by atoms with Gasteiger partial charge < -0.3 is 14.1 Å². The number of fused-ring (bicyclic) bond motifs is 5. The van der Waals surface area contributed by atoms with E-state index in [0.29, 0.717) is 11.4 Å². The molecule has 3 aromatic rings. The number of cyclic esters (lactones) is 1. The Hall–Kier alpha value is -3.88. The quantitative estimate of drug-likeness (QED) is 0.212. The lowest BCUT2D eigenvalue weighted by Gasteiger charge is -2.20. The van der Waals surface area contributed by atoms with Gasteiger partial charge in [0.2, 0.25) is 6.04 Å². The number of aromatic nitrogens is 2. The van der Waals surface area contributed by atoms with Gasteiger partial charge in [-0.05, 0) is 38.1 Å². The van der Waals surface area contributed by atoms with Crippen LogP contribution in [0.15, 0.2) is 45.5 Å². The van der Waals surface area contributed by atoms with Gasteiger partial charge in [0.1, 0.15) is 12.2 Å². The van der Waals surface area contributed by atoms with Crippen LogP contribution in [0.4, 0.5) is 0 Å². The number of rotatable bonds is 3. The van der Waals surface area contributed by atoms with Crippen molar-refractivity contribution in [1.82, 2.24) is 9.55 Å². The van der Waals surface area contributed by atoms with E-state index in [1.165, 1.54) is 0 Å². The molecule has 9 heteroatoms. The van der Waals surface area contributed by atoms with Crippen LogP contribution in [0.2, 0.25) is 0 Å². The molecule has 1 atom stereocenters. The molecule has 4 heterocycles. The Morgan fingerprint density at radius 2 is 2.00 bits per heavy atom. The summed E-state index contributed by atoms with van der Waals surface area (Å²) >= 11 is 0. The monoisotopic (exact) mass is 432 g/mol. The third-order valence-corrected chi connectivity index (χ3v) is 5.52. The average Bonchev–Trinajstić information content (AvgIpc) is 3.11. The van der Waals surface area contributed by atoms with Gasteiger partial charge in [0.05, 0.1) is 35.2 Å². The van der Waals surface area contributed by atoms with E-state index in [2.05, 4.69) is 10.3 Å². The van der Waals surface area contributed by atoms with Crippen LogP contribution in [0, 0.1) is 4.91 Å². The number of carbonyl (C=O) groups excluding carboxylic acids is 1. The third-order valence-electron chi connectivity index (χ3n) is 5.52. The first-order valence-corrected chi connectivity index (χ1v) is 10.2. The summed E-state index contributed by atoms with van der Waals surface area (Å²) in [5.74, 6) is -0.756. The van der Waals surface area contributed by atoms with Crippen LogP contribution in [-0.4, -0.2) is 27.3 Å². The maximum absolute atomic E-state index is 13.2. The maximum Gasteiger partial charge on any atom is 0.339 e. The number of nitrogens with zero attached hydrogens (tertiary/aromatic N) is 4. The van der Waals surface area contributed by atoms with E-state index in [0.717, 1.165) is 22.0 Å². The highest BCUT2D eigenvalue weighted by Gasteiger charge is 2.36. The summed E-state index contributed by atoms with van der Waals surface area (Å²) in [6, 6.07) is 7.91. The third kappa shape index (κ3) is 3.08. The smallest absolute Gasteiger partial charge is 0.339 e. The summed E-state index contributed by atoms with van der Waals surface area (Å²) in [5.41, 5.74) is 3.24. The Bertz CT molecular complexity index is 1380. The second kappa shape index (κ2) is 7.08. The van der Waals surface area contributed by atoms with Crippen molar-refractivity contribution in [2.75, 3.05) is 0 Å². The maximum atomic E-state index is 13.2. The van der Waals surface area contributed by atoms with Crippen LogP contribution < -0.4 is 5.56 Å². The fourth-order valence-corrected chi connectivity index (χ4v) is 4.09. The van der Waals surface area contributed by atoms with Gasteiger partial charge >= 0.3 is 5.97 Å². The van der Waals surface area contributed by atoms with Crippen molar-refractivity contribution in [3.05, 3.63) is 67.8 Å². The number of esters is 1. The molecule has 0 saturated heterocycles. The lowest BCUT2D eigenvalue weighted by Crippen LogP contribution is -2.32. The molecule has 0 radical (unpaired) electrons. The Kier molecular flexibility index (Phi) is 4.44. The minimum absolute atomic E-state index is 0.182. The van der Waals surface area contributed by atoms with E-state index in [-0.39, 0.29) is 29.8 Å². The molecule has 2 aliphatic rings. The van der Waals surface area contributed by atoms with Crippen LogP contribution in [-0.2, 0) is 27.5 Å². The normalized spacial score (nSPS) is 17.1. The van der Waals surface area contributed by atoms with Crippen LogP contribution in [0.5, 0.6) is 0 Å². The van der Waals surface area contributed by atoms with Crippen molar-refractivity contribution in [2.45, 2.75) is 45.6 Å². The highest BCUT2D eigenvalue weighted by Crippen LogP contribution is 2.37. The number of benzene rings is 1. The Balaban J connectivity index is 1.74. The molecule has 0 saturated carbocycles. The summed E-state index contributed by atoms with van der Waals surface area (Å²) in [6.45, 7) is 5.80. The van der Waals surface area contributed by atoms with Gasteiger partial charge in [-0.15, -0.1) is 4.91 Å². The molecule has 0 bridgehead atoms. The molecule has 0 amide bonds. The minimum atomic E-state index is -1.36. The lowest BCUT2D eigenvalue weighted by molar-refractivity contribution is -0.148. The fraction of sp³-hybridized carbons (Fsp3) is 0.304. The first kappa shape index (κ1) is 20.0. The SMILES string of the molecule is CC(C)(C)O/N=C/c1c2c(nc3ccccc13)-c1cc3c(c(=O)n1C2)COC(=O)C3N=O. The molecular formula is C23H20N4O5. The molecule has 162 valence electrons. The van der Waals surface area contributed by atoms with Crippen molar-refractivity contribution in [2.24, 2.45) is 10.3 Å². The van der Waals surface area contributed by atoms with E-state index in [4.69, 9.17) is 14.6 Å². The van der Waals surface area contributed by atoms with Gasteiger partial charge in [-0.3, -0.25) is 4.79 Å². The predicted molar refractivity (Wildman–Crippen MR) is 117 cm³/mol. The van der Waals surface area contributed by atoms with Crippen molar-refractivity contribution >= 4 is 23.1 Å². The molecule has 0 fully saturated rings. The van der Waals surface area contributed by atoms with E-state index in [9.17, 15) is 14.5 Å². The number of hydrogen-bond acceptors (Lipinski definition) is 8. The topological polar surface area (TPSA) is 112 Å². The number of ether oxygens (including phenoxy) is 1. The summed E-state index contributed by atoms with van der Waals surface area (Å²) < 4.78 is 6.58. The summed E-state index contributed by atoms with van der Waals surface area (Å²) in [7, 11) is 0. The van der Waals surface area contributed by atoms with Crippen molar-refractivity contribution < 1.29 is 14.4 Å². The standard InChI is InChI=1S/C23H20N4O5/c1-23(2,3)32-24-9-14-12-6-4-5-7-17(12)25-19-15(14)10-27-18(19)8-13-16(21(27)28)11-31-22(29)20(13)26-30/h4-9,20H,10-11H2,1-3H3/b24-9+. The zero-order valence-corrected chi connectivity index (χ0v) is 17.8. The van der Waals surface area contributed by atoms with E-state index in [1.807, 2.05) is 45.0 Å². The van der Waals surface area contributed by atoms with Crippen LogP contribution >= 0.6 is 0 Å². The predicted octanol–water partition coefficient (Wildman–Crippen LogP) is 3.44. The van der Waals surface area contributed by atoms with E-state index >= 15 is 0 Å². The number of pyridine rings is 2. The number of carbonyl (C=O) groups is 1. The molecule has 5 rings (SSSR count). The lowest BCUT2D eigenvalue weighted by atomic mass is 9.98. The summed E-state index contributed by atoms with van der Waals surface area (Å²) in [4.78, 5) is 46.9. The second-order valence-corrected chi connectivity index (χ2v) is 8.78. The number of para-hydroxylation sites is 1. The van der Waals surface area contributed by atoms with Crippen molar-refractivity contribution in [1.29, 1.82) is 0 Å². The molecule has 1 aromatic carbocycles. The van der Waals surface area contributed by atoms with Crippen molar-refractivity contribution in [3.63, 3.8) is 0 Å². The average molecular weight is 432 g/mol. The molecule has 0 N–H and O–H groups in total. The Labute approximate surface area is 182 Å². The Morgan fingerprint density at radius 1 is 1.22 bits per heavy atom. The first-order valence-electron chi connectivity index (χ1n) is 10.2. The second-order valence-electron chi connectivity index (χ2n) is 8.78. The first-order chi connectivity index (χ1) is 15.3. The molecule has 1 unspecified atom stereocenters. The fourth-order valence-electron chi connectivity index (χ4n) is 4.09. The largest absolute Gasteiger partial charge is 0.459 e. The zero-order valence-electron chi connectivity index (χ0n) is 17.8.